The number of hydrogen-bond donors (Lipinski definition) is 1. The molecule has 1 aromatic heterocycles. The Kier molecular flexibility index (Phi) is 4.11. The molecule has 1 fully saturated rings. The monoisotopic (exact) mass is 288 g/mol. The second-order valence-corrected chi connectivity index (χ2v) is 7.97. The van der Waals surface area contributed by atoms with Gasteiger partial charge in [0.2, 0.25) is 10.0 Å². The minimum atomic E-state index is -3.29. The van der Waals surface area contributed by atoms with Crippen LogP contribution in [0.4, 0.5) is 0 Å². The van der Waals surface area contributed by atoms with Crippen LogP contribution in [-0.2, 0) is 16.6 Å². The Morgan fingerprint density at radius 2 is 2.17 bits per heavy atom. The summed E-state index contributed by atoms with van der Waals surface area (Å²) in [5.74, 6) is 0. The van der Waals surface area contributed by atoms with E-state index in [2.05, 4.69) is 5.32 Å². The van der Waals surface area contributed by atoms with Gasteiger partial charge < -0.3 is 5.32 Å². The van der Waals surface area contributed by atoms with Gasteiger partial charge in [-0.05, 0) is 32.4 Å². The molecule has 0 aromatic carbocycles. The summed E-state index contributed by atoms with van der Waals surface area (Å²) in [5, 5.41) is 3.22. The Morgan fingerprint density at radius 3 is 2.72 bits per heavy atom. The van der Waals surface area contributed by atoms with Gasteiger partial charge in [0, 0.05) is 29.4 Å². The van der Waals surface area contributed by atoms with Crippen LogP contribution in [0.25, 0.3) is 0 Å². The molecule has 1 aromatic rings. The largest absolute Gasteiger partial charge is 0.312 e. The highest BCUT2D eigenvalue weighted by molar-refractivity contribution is 7.89. The van der Waals surface area contributed by atoms with E-state index >= 15 is 0 Å². The van der Waals surface area contributed by atoms with Crippen molar-refractivity contribution >= 4 is 21.4 Å². The topological polar surface area (TPSA) is 49.4 Å². The smallest absolute Gasteiger partial charge is 0.244 e. The fourth-order valence-corrected chi connectivity index (χ4v) is 4.89. The molecule has 4 nitrogen and oxygen atoms in total. The lowest BCUT2D eigenvalue weighted by molar-refractivity contribution is 0.464. The molecular formula is C12H20N2O2S2. The highest BCUT2D eigenvalue weighted by Crippen LogP contribution is 2.34. The van der Waals surface area contributed by atoms with E-state index in [0.29, 0.717) is 4.90 Å². The zero-order valence-corrected chi connectivity index (χ0v) is 12.7. The summed E-state index contributed by atoms with van der Waals surface area (Å²) in [7, 11) is -1.61. The van der Waals surface area contributed by atoms with Crippen molar-refractivity contribution in [2.24, 2.45) is 0 Å². The van der Waals surface area contributed by atoms with Gasteiger partial charge in [-0.15, -0.1) is 11.3 Å². The van der Waals surface area contributed by atoms with Gasteiger partial charge in [0.1, 0.15) is 0 Å². The van der Waals surface area contributed by atoms with Gasteiger partial charge >= 0.3 is 0 Å². The van der Waals surface area contributed by atoms with Crippen molar-refractivity contribution in [3.05, 3.63) is 15.8 Å². The highest BCUT2D eigenvalue weighted by atomic mass is 32.2. The molecule has 0 radical (unpaired) electrons. The number of hydrogen-bond acceptors (Lipinski definition) is 4. The number of nitrogens with one attached hydrogen (secondary N) is 1. The van der Waals surface area contributed by atoms with Gasteiger partial charge in [0.25, 0.3) is 0 Å². The second-order valence-electron chi connectivity index (χ2n) is 4.67. The first-order valence-corrected chi connectivity index (χ1v) is 8.50. The summed E-state index contributed by atoms with van der Waals surface area (Å²) in [6, 6.07) is 2.03. The van der Waals surface area contributed by atoms with E-state index in [4.69, 9.17) is 0 Å². The van der Waals surface area contributed by atoms with Crippen LogP contribution in [0, 0.1) is 6.92 Å². The van der Waals surface area contributed by atoms with Crippen molar-refractivity contribution in [3.63, 3.8) is 0 Å². The molecule has 2 rings (SSSR count). The lowest BCUT2D eigenvalue weighted by Crippen LogP contribution is -2.29. The lowest BCUT2D eigenvalue weighted by Gasteiger charge is -2.15. The molecule has 0 saturated heterocycles. The predicted molar refractivity (Wildman–Crippen MR) is 74.4 cm³/mol. The highest BCUT2D eigenvalue weighted by Gasteiger charge is 2.36. The van der Waals surface area contributed by atoms with Crippen LogP contribution in [0.3, 0.4) is 0 Å². The predicted octanol–water partition coefficient (Wildman–Crippen LogP) is 1.95. The molecule has 0 atom stereocenters. The summed E-state index contributed by atoms with van der Waals surface area (Å²) in [6.45, 7) is 5.55. The van der Waals surface area contributed by atoms with Gasteiger partial charge in [0.15, 0.2) is 0 Å². The molecule has 1 N–H and O–H groups in total. The van der Waals surface area contributed by atoms with Gasteiger partial charge in [0.05, 0.1) is 4.90 Å². The number of rotatable bonds is 6. The maximum absolute atomic E-state index is 12.4. The number of aryl methyl sites for hydroxylation is 1. The van der Waals surface area contributed by atoms with E-state index in [1.165, 1.54) is 4.31 Å². The van der Waals surface area contributed by atoms with Gasteiger partial charge in [-0.2, -0.15) is 4.31 Å². The van der Waals surface area contributed by atoms with E-state index in [-0.39, 0.29) is 6.04 Å². The van der Waals surface area contributed by atoms with E-state index in [1.807, 2.05) is 19.9 Å². The van der Waals surface area contributed by atoms with E-state index < -0.39 is 10.0 Å². The average molecular weight is 288 g/mol. The van der Waals surface area contributed by atoms with Crippen LogP contribution in [0.5, 0.6) is 0 Å². The summed E-state index contributed by atoms with van der Waals surface area (Å²) in [4.78, 5) is 2.45. The van der Waals surface area contributed by atoms with Crippen molar-refractivity contribution in [2.45, 2.75) is 44.2 Å². The van der Waals surface area contributed by atoms with E-state index in [1.54, 1.807) is 18.4 Å². The molecular weight excluding hydrogens is 268 g/mol. The van der Waals surface area contributed by atoms with Crippen LogP contribution < -0.4 is 5.32 Å². The maximum Gasteiger partial charge on any atom is 0.244 e. The van der Waals surface area contributed by atoms with Gasteiger partial charge in [-0.25, -0.2) is 8.42 Å². The molecule has 0 amide bonds. The first-order valence-electron chi connectivity index (χ1n) is 6.25. The van der Waals surface area contributed by atoms with Crippen LogP contribution in [0.2, 0.25) is 0 Å². The zero-order chi connectivity index (χ0) is 13.3. The summed E-state index contributed by atoms with van der Waals surface area (Å²) < 4.78 is 26.4. The number of nitrogens with zero attached hydrogens (tertiary/aromatic N) is 1. The Morgan fingerprint density at radius 1 is 1.50 bits per heavy atom. The maximum atomic E-state index is 12.4. The average Bonchev–Trinajstić information content (AvgIpc) is 3.09. The third kappa shape index (κ3) is 2.77. The minimum Gasteiger partial charge on any atom is -0.312 e. The third-order valence-corrected chi connectivity index (χ3v) is 6.41. The van der Waals surface area contributed by atoms with Crippen LogP contribution in [-0.4, -0.2) is 32.4 Å². The Labute approximate surface area is 113 Å². The standard InChI is InChI=1S/C12H20N2O2S2/c1-4-13-8-11-7-12(9(2)17-11)18(15,16)14(3)10-5-6-10/h7,10,13H,4-6,8H2,1-3H3. The Hall–Kier alpha value is -0.430. The fraction of sp³-hybridized carbons (Fsp3) is 0.667. The first kappa shape index (κ1) is 14.0. The molecule has 0 bridgehead atoms. The normalized spacial score (nSPS) is 16.4. The molecule has 1 saturated carbocycles. The number of thiophene rings is 1. The Balaban J connectivity index is 2.23. The fourth-order valence-electron chi connectivity index (χ4n) is 1.91. The van der Waals surface area contributed by atoms with Crippen molar-refractivity contribution in [3.8, 4) is 0 Å². The molecule has 0 unspecified atom stereocenters. The lowest BCUT2D eigenvalue weighted by atomic mass is 10.4. The summed E-state index contributed by atoms with van der Waals surface area (Å²) >= 11 is 1.56. The van der Waals surface area contributed by atoms with Crippen molar-refractivity contribution in [1.82, 2.24) is 9.62 Å². The molecule has 1 heterocycles. The number of sulfonamides is 1. The first-order chi connectivity index (χ1) is 8.46. The summed E-state index contributed by atoms with van der Waals surface area (Å²) in [5.41, 5.74) is 0. The van der Waals surface area contributed by atoms with E-state index in [0.717, 1.165) is 35.7 Å². The minimum absolute atomic E-state index is 0.214. The van der Waals surface area contributed by atoms with Crippen LogP contribution in [0.1, 0.15) is 29.5 Å². The SMILES string of the molecule is CCNCc1cc(S(=O)(=O)N(C)C2CC2)c(C)s1. The van der Waals surface area contributed by atoms with Crippen LogP contribution >= 0.6 is 11.3 Å². The molecule has 0 aliphatic heterocycles. The molecule has 1 aliphatic rings. The van der Waals surface area contributed by atoms with Crippen molar-refractivity contribution in [1.29, 1.82) is 0 Å². The third-order valence-electron chi connectivity index (χ3n) is 3.19. The molecule has 6 heteroatoms. The Bertz CT molecular complexity index is 518. The second kappa shape index (κ2) is 5.28. The quantitative estimate of drug-likeness (QED) is 0.870. The molecule has 18 heavy (non-hydrogen) atoms. The van der Waals surface area contributed by atoms with Gasteiger partial charge in [-0.1, -0.05) is 6.92 Å². The van der Waals surface area contributed by atoms with Crippen molar-refractivity contribution < 1.29 is 8.42 Å². The van der Waals surface area contributed by atoms with Crippen molar-refractivity contribution in [2.75, 3.05) is 13.6 Å². The summed E-state index contributed by atoms with van der Waals surface area (Å²) in [6.07, 6.45) is 1.98. The molecule has 102 valence electrons. The van der Waals surface area contributed by atoms with Gasteiger partial charge in [-0.3, -0.25) is 0 Å². The molecule has 1 aliphatic carbocycles. The van der Waals surface area contributed by atoms with Crippen LogP contribution in [0.15, 0.2) is 11.0 Å². The zero-order valence-electron chi connectivity index (χ0n) is 11.1. The van der Waals surface area contributed by atoms with E-state index in [9.17, 15) is 8.42 Å². The molecule has 0 spiro atoms.